The molecule has 272 valence electrons. The van der Waals surface area contributed by atoms with Gasteiger partial charge in [-0.15, -0.1) is 0 Å². The number of fused-ring (bicyclic) bond motifs is 1. The summed E-state index contributed by atoms with van der Waals surface area (Å²) in [6.07, 6.45) is 9.95. The molecule has 4 rings (SSSR count). The molecule has 3 saturated carbocycles. The smallest absolute Gasteiger partial charge is 0.315 e. The summed E-state index contributed by atoms with van der Waals surface area (Å²) in [7, 11) is -0.783. The number of ketones is 1. The highest BCUT2D eigenvalue weighted by molar-refractivity contribution is 7.97. The Hall–Kier alpha value is -2.67. The second kappa shape index (κ2) is 14.7. The SMILES string of the molecule is C=S(C)(=O)N(C)C[C@@H](NC(=O)N[C@H](C(=O)N1C[C@H]2[C@H](CCC2(C)C)[C@H]1C(=O)NC(CC1CC1)C(=O)C(N)=O)C1CCCCC1)C(C)(C)C. The van der Waals surface area contributed by atoms with Crippen LogP contribution in [0.15, 0.2) is 0 Å². The minimum Gasteiger partial charge on any atom is -0.363 e. The molecule has 5 amide bonds. The molecule has 0 aromatic carbocycles. The normalized spacial score (nSPS) is 27.3. The van der Waals surface area contributed by atoms with E-state index in [2.05, 4.69) is 35.7 Å². The van der Waals surface area contributed by atoms with Gasteiger partial charge in [-0.05, 0) is 79.5 Å². The van der Waals surface area contributed by atoms with Gasteiger partial charge < -0.3 is 26.6 Å². The highest BCUT2D eigenvalue weighted by Gasteiger charge is 2.57. The maximum Gasteiger partial charge on any atom is 0.315 e. The van der Waals surface area contributed by atoms with Gasteiger partial charge in [0.15, 0.2) is 0 Å². The number of hydrogen-bond acceptors (Lipinski definition) is 6. The lowest BCUT2D eigenvalue weighted by Crippen LogP contribution is -2.61. The van der Waals surface area contributed by atoms with Gasteiger partial charge in [-0.3, -0.25) is 23.4 Å². The van der Waals surface area contributed by atoms with Crippen LogP contribution in [0.3, 0.4) is 0 Å². The van der Waals surface area contributed by atoms with Gasteiger partial charge in [0.05, 0.1) is 6.04 Å². The van der Waals surface area contributed by atoms with Crippen molar-refractivity contribution >= 4 is 45.1 Å². The molecule has 0 spiro atoms. The summed E-state index contributed by atoms with van der Waals surface area (Å²) in [5.74, 6) is 1.26. The molecule has 0 bridgehead atoms. The van der Waals surface area contributed by atoms with E-state index in [4.69, 9.17) is 5.73 Å². The summed E-state index contributed by atoms with van der Waals surface area (Å²) in [6, 6.07) is -3.58. The van der Waals surface area contributed by atoms with E-state index in [1.807, 2.05) is 20.8 Å². The molecule has 48 heavy (non-hydrogen) atoms. The summed E-state index contributed by atoms with van der Waals surface area (Å²) < 4.78 is 14.3. The van der Waals surface area contributed by atoms with Crippen LogP contribution in [0.5, 0.6) is 0 Å². The minimum atomic E-state index is -2.50. The number of carbonyl (C=O) groups is 5. The number of rotatable bonds is 13. The van der Waals surface area contributed by atoms with Crippen molar-refractivity contribution in [2.24, 2.45) is 40.2 Å². The largest absolute Gasteiger partial charge is 0.363 e. The zero-order valence-electron chi connectivity index (χ0n) is 30.1. The Balaban J connectivity index is 1.61. The maximum atomic E-state index is 14.8. The van der Waals surface area contributed by atoms with Crippen LogP contribution >= 0.6 is 0 Å². The number of nitrogens with one attached hydrogen (secondary N) is 3. The lowest BCUT2D eigenvalue weighted by Gasteiger charge is -2.38. The highest BCUT2D eigenvalue weighted by atomic mass is 32.2. The molecule has 7 atom stereocenters. The lowest BCUT2D eigenvalue weighted by molar-refractivity contribution is -0.143. The fourth-order valence-corrected chi connectivity index (χ4v) is 8.52. The summed E-state index contributed by atoms with van der Waals surface area (Å²) in [5, 5.41) is 8.95. The van der Waals surface area contributed by atoms with Gasteiger partial charge in [0.1, 0.15) is 12.1 Å². The number of primary amides is 1. The van der Waals surface area contributed by atoms with E-state index in [0.717, 1.165) is 57.8 Å². The van der Waals surface area contributed by atoms with Crippen molar-refractivity contribution in [2.45, 2.75) is 123 Å². The maximum absolute atomic E-state index is 14.8. The van der Waals surface area contributed by atoms with Gasteiger partial charge in [0.2, 0.25) is 17.6 Å². The Morgan fingerprint density at radius 2 is 1.62 bits per heavy atom. The third kappa shape index (κ3) is 9.11. The predicted octanol–water partition coefficient (Wildman–Crippen LogP) is 2.44. The monoisotopic (exact) mass is 692 g/mol. The van der Waals surface area contributed by atoms with Crippen LogP contribution < -0.4 is 21.7 Å². The first kappa shape index (κ1) is 38.1. The second-order valence-electron chi connectivity index (χ2n) is 16.9. The summed E-state index contributed by atoms with van der Waals surface area (Å²) in [5.41, 5.74) is 4.88. The van der Waals surface area contributed by atoms with Crippen molar-refractivity contribution in [1.82, 2.24) is 25.2 Å². The minimum absolute atomic E-state index is 0.0686. The first-order valence-electron chi connectivity index (χ1n) is 17.8. The van der Waals surface area contributed by atoms with Crippen LogP contribution in [0.2, 0.25) is 0 Å². The molecule has 5 N–H and O–H groups in total. The average molecular weight is 693 g/mol. The Kier molecular flexibility index (Phi) is 11.7. The van der Waals surface area contributed by atoms with E-state index in [-0.39, 0.29) is 40.4 Å². The Morgan fingerprint density at radius 3 is 2.17 bits per heavy atom. The topological polar surface area (TPSA) is 171 Å². The van der Waals surface area contributed by atoms with E-state index >= 15 is 0 Å². The van der Waals surface area contributed by atoms with E-state index in [9.17, 15) is 28.2 Å². The van der Waals surface area contributed by atoms with Gasteiger partial charge in [-0.1, -0.05) is 66.7 Å². The predicted molar refractivity (Wildman–Crippen MR) is 188 cm³/mol. The molecule has 4 fully saturated rings. The molecular weight excluding hydrogens is 632 g/mol. The van der Waals surface area contributed by atoms with Gasteiger partial charge in [0.25, 0.3) is 5.91 Å². The van der Waals surface area contributed by atoms with Gasteiger partial charge in [-0.2, -0.15) is 0 Å². The molecule has 4 aliphatic rings. The van der Waals surface area contributed by atoms with Crippen molar-refractivity contribution in [2.75, 3.05) is 26.4 Å². The third-order valence-corrected chi connectivity index (χ3v) is 13.1. The van der Waals surface area contributed by atoms with Crippen molar-refractivity contribution in [3.05, 3.63) is 0 Å². The first-order valence-corrected chi connectivity index (χ1v) is 19.8. The number of likely N-dealkylation sites (N-methyl/N-ethyl adjacent to an activating group) is 1. The van der Waals surface area contributed by atoms with Crippen molar-refractivity contribution in [3.63, 3.8) is 0 Å². The number of Topliss-reactive ketones (excluding diaryl/α,β-unsaturated/α-hetero) is 1. The van der Waals surface area contributed by atoms with Crippen LogP contribution in [0.25, 0.3) is 0 Å². The van der Waals surface area contributed by atoms with Crippen LogP contribution in [-0.4, -0.2) is 99.4 Å². The Morgan fingerprint density at radius 1 is 1.00 bits per heavy atom. The number of likely N-dealkylation sites (tertiary alicyclic amines) is 1. The molecule has 13 heteroatoms. The van der Waals surface area contributed by atoms with E-state index in [0.29, 0.717) is 19.5 Å². The molecular formula is C35H60N6O6S. The molecule has 0 aromatic heterocycles. The van der Waals surface area contributed by atoms with Crippen LogP contribution in [-0.2, 0) is 28.9 Å². The van der Waals surface area contributed by atoms with Gasteiger partial charge >= 0.3 is 6.03 Å². The molecule has 0 aromatic rings. The van der Waals surface area contributed by atoms with Gasteiger partial charge in [-0.25, -0.2) is 9.10 Å². The molecule has 2 unspecified atom stereocenters. The number of hydrogen-bond donors (Lipinski definition) is 4. The Bertz CT molecular complexity index is 1350. The molecule has 1 saturated heterocycles. The van der Waals surface area contributed by atoms with Crippen LogP contribution in [0, 0.1) is 34.5 Å². The zero-order valence-corrected chi connectivity index (χ0v) is 31.0. The Labute approximate surface area is 287 Å². The summed E-state index contributed by atoms with van der Waals surface area (Å²) in [4.78, 5) is 69.0. The molecule has 3 aliphatic carbocycles. The van der Waals surface area contributed by atoms with Crippen molar-refractivity contribution in [3.8, 4) is 0 Å². The molecule has 12 nitrogen and oxygen atoms in total. The molecule has 0 radical (unpaired) electrons. The average Bonchev–Trinajstić information content (AvgIpc) is 3.64. The number of urea groups is 1. The lowest BCUT2D eigenvalue weighted by atomic mass is 9.79. The van der Waals surface area contributed by atoms with E-state index in [1.54, 1.807) is 22.5 Å². The zero-order chi connectivity index (χ0) is 35.8. The van der Waals surface area contributed by atoms with Crippen LogP contribution in [0.4, 0.5) is 4.79 Å². The number of amides is 5. The number of nitrogens with zero attached hydrogens (tertiary/aromatic N) is 2. The molecule has 1 aliphatic heterocycles. The fraction of sp³-hybridized carbons (Fsp3) is 0.829. The quantitative estimate of drug-likeness (QED) is 0.171. The third-order valence-electron chi connectivity index (χ3n) is 11.6. The highest BCUT2D eigenvalue weighted by Crippen LogP contribution is 2.53. The fourth-order valence-electron chi connectivity index (χ4n) is 8.05. The van der Waals surface area contributed by atoms with Crippen molar-refractivity contribution < 1.29 is 28.2 Å². The summed E-state index contributed by atoms with van der Waals surface area (Å²) in [6.45, 7) is 11.0. The van der Waals surface area contributed by atoms with Gasteiger partial charge in [0, 0.05) is 35.1 Å². The van der Waals surface area contributed by atoms with E-state index in [1.165, 1.54) is 0 Å². The second-order valence-corrected chi connectivity index (χ2v) is 19.4. The summed E-state index contributed by atoms with van der Waals surface area (Å²) >= 11 is 0. The first-order chi connectivity index (χ1) is 22.2. The number of carbonyl (C=O) groups excluding carboxylic acids is 5. The van der Waals surface area contributed by atoms with E-state index < -0.39 is 57.5 Å². The molecule has 1 heterocycles. The van der Waals surface area contributed by atoms with Crippen molar-refractivity contribution in [1.29, 1.82) is 0 Å². The number of nitrogens with two attached hydrogens (primary N) is 1. The van der Waals surface area contributed by atoms with Crippen LogP contribution in [0.1, 0.15) is 98.8 Å². The standard InChI is InChI=1S/C35H60N6O6S/c1-34(2,3)26(20-40(6)48(7,8)47)38-33(46)39-27(22-12-10-9-11-13-22)32(45)41-19-24-23(16-17-35(24,4)5)28(41)31(44)37-25(18-21-14-15-21)29(42)30(36)43/h21-28H,7,9-20H2,1-6,8H3,(H2,36,43)(H,37,44)(H2,38,39,46)/t23-,24-,25?,26+,27-,28-,48?/m0/s1.